The highest BCUT2D eigenvalue weighted by Gasteiger charge is 2.41. The summed E-state index contributed by atoms with van der Waals surface area (Å²) >= 11 is 0. The zero-order valence-corrected chi connectivity index (χ0v) is 10.3. The fraction of sp³-hybridized carbons (Fsp3) is 0.500. The summed E-state index contributed by atoms with van der Waals surface area (Å²) in [6.45, 7) is 3.96. The molecule has 0 spiro atoms. The zero-order chi connectivity index (χ0) is 12.0. The molecule has 0 aliphatic carbocycles. The monoisotopic (exact) mass is 240 g/mol. The van der Waals surface area contributed by atoms with Crippen LogP contribution in [0.15, 0.2) is 18.2 Å². The molecule has 0 bridgehead atoms. The predicted octanol–water partition coefficient (Wildman–Crippen LogP) is 1.31. The lowest BCUT2D eigenvalue weighted by Gasteiger charge is -2.22. The smallest absolute Gasteiger partial charge is 0.153 e. The summed E-state index contributed by atoms with van der Waals surface area (Å²) < 4.78 is 22.8. The van der Waals surface area contributed by atoms with E-state index >= 15 is 0 Å². The summed E-state index contributed by atoms with van der Waals surface area (Å²) in [5.74, 6) is -0.0705. The molecule has 1 atom stereocenters. The van der Waals surface area contributed by atoms with E-state index < -0.39 is 15.4 Å². The predicted molar refractivity (Wildman–Crippen MR) is 63.1 cm³/mol. The summed E-state index contributed by atoms with van der Waals surface area (Å²) in [6.07, 6.45) is 0.303. The minimum absolute atomic E-state index is 0.0798. The van der Waals surface area contributed by atoms with E-state index in [1.165, 1.54) is 0 Å². The van der Waals surface area contributed by atoms with Crippen molar-refractivity contribution >= 4 is 9.84 Å². The molecule has 0 radical (unpaired) electrons. The second-order valence-corrected chi connectivity index (χ2v) is 6.86. The van der Waals surface area contributed by atoms with Crippen LogP contribution in [0.4, 0.5) is 0 Å². The Balaban J connectivity index is 2.41. The Labute approximate surface area is 96.0 Å². The van der Waals surface area contributed by atoms with Gasteiger partial charge in [0.25, 0.3) is 0 Å². The number of aliphatic hydroxyl groups is 1. The van der Waals surface area contributed by atoms with Crippen molar-refractivity contribution < 1.29 is 13.5 Å². The zero-order valence-electron chi connectivity index (χ0n) is 9.53. The van der Waals surface area contributed by atoms with Gasteiger partial charge in [0.15, 0.2) is 9.84 Å². The molecule has 1 heterocycles. The molecule has 1 N–H and O–H groups in total. The molecule has 0 aromatic heterocycles. The molecule has 3 nitrogen and oxygen atoms in total. The first-order valence-electron chi connectivity index (χ1n) is 5.33. The van der Waals surface area contributed by atoms with Crippen molar-refractivity contribution in [2.75, 3.05) is 11.5 Å². The standard InChI is InChI=1S/C12H16O3S/c1-9-3-4-11(7-10(9)2)12(13)5-6-16(14,15)8-12/h3-4,7,13H,5-6,8H2,1-2H3. The summed E-state index contributed by atoms with van der Waals surface area (Å²) in [5, 5.41) is 10.3. The van der Waals surface area contributed by atoms with Crippen LogP contribution in [-0.2, 0) is 15.4 Å². The van der Waals surface area contributed by atoms with Gasteiger partial charge in [0.1, 0.15) is 5.60 Å². The molecular weight excluding hydrogens is 224 g/mol. The van der Waals surface area contributed by atoms with E-state index in [2.05, 4.69) is 0 Å². The molecule has 1 fully saturated rings. The van der Waals surface area contributed by atoms with E-state index in [4.69, 9.17) is 0 Å². The average molecular weight is 240 g/mol. The molecule has 2 rings (SSSR count). The maximum absolute atomic E-state index is 11.4. The van der Waals surface area contributed by atoms with Crippen molar-refractivity contribution in [3.05, 3.63) is 34.9 Å². The molecule has 16 heavy (non-hydrogen) atoms. The number of sulfone groups is 1. The van der Waals surface area contributed by atoms with E-state index in [1.54, 1.807) is 0 Å². The number of hydrogen-bond donors (Lipinski definition) is 1. The summed E-state index contributed by atoms with van der Waals surface area (Å²) in [5.41, 5.74) is 1.76. The third-order valence-corrected chi connectivity index (χ3v) is 5.07. The Morgan fingerprint density at radius 3 is 2.44 bits per heavy atom. The van der Waals surface area contributed by atoms with Gasteiger partial charge < -0.3 is 5.11 Å². The van der Waals surface area contributed by atoms with Crippen LogP contribution in [0.1, 0.15) is 23.1 Å². The third kappa shape index (κ3) is 1.99. The topological polar surface area (TPSA) is 54.4 Å². The van der Waals surface area contributed by atoms with Gasteiger partial charge in [0, 0.05) is 0 Å². The highest BCUT2D eigenvalue weighted by atomic mass is 32.2. The number of benzene rings is 1. The van der Waals surface area contributed by atoms with Gasteiger partial charge in [-0.3, -0.25) is 0 Å². The molecule has 1 aromatic carbocycles. The van der Waals surface area contributed by atoms with Crippen molar-refractivity contribution in [1.82, 2.24) is 0 Å². The minimum Gasteiger partial charge on any atom is -0.384 e. The van der Waals surface area contributed by atoms with Gasteiger partial charge in [-0.1, -0.05) is 18.2 Å². The minimum atomic E-state index is -3.08. The van der Waals surface area contributed by atoms with Crippen LogP contribution >= 0.6 is 0 Å². The lowest BCUT2D eigenvalue weighted by Crippen LogP contribution is -2.27. The Bertz CT molecular complexity index is 519. The molecule has 1 aromatic rings. The fourth-order valence-corrected chi connectivity index (χ4v) is 3.92. The van der Waals surface area contributed by atoms with Gasteiger partial charge >= 0.3 is 0 Å². The van der Waals surface area contributed by atoms with Gasteiger partial charge in [0.05, 0.1) is 11.5 Å². The van der Waals surface area contributed by atoms with E-state index in [-0.39, 0.29) is 11.5 Å². The van der Waals surface area contributed by atoms with Crippen LogP contribution in [0.5, 0.6) is 0 Å². The van der Waals surface area contributed by atoms with Crippen LogP contribution in [0.3, 0.4) is 0 Å². The highest BCUT2D eigenvalue weighted by Crippen LogP contribution is 2.34. The lowest BCUT2D eigenvalue weighted by atomic mass is 9.91. The van der Waals surface area contributed by atoms with Gasteiger partial charge in [0.2, 0.25) is 0 Å². The molecule has 1 aliphatic rings. The molecule has 0 amide bonds. The van der Waals surface area contributed by atoms with Gasteiger partial charge in [-0.05, 0) is 37.0 Å². The number of rotatable bonds is 1. The van der Waals surface area contributed by atoms with Crippen LogP contribution < -0.4 is 0 Å². The maximum Gasteiger partial charge on any atom is 0.153 e. The van der Waals surface area contributed by atoms with Crippen molar-refractivity contribution in [3.8, 4) is 0 Å². The first-order valence-corrected chi connectivity index (χ1v) is 7.15. The maximum atomic E-state index is 11.4. The molecule has 1 saturated heterocycles. The van der Waals surface area contributed by atoms with E-state index in [9.17, 15) is 13.5 Å². The van der Waals surface area contributed by atoms with Crippen LogP contribution in [-0.4, -0.2) is 25.0 Å². The number of aryl methyl sites for hydroxylation is 2. The molecule has 1 unspecified atom stereocenters. The van der Waals surface area contributed by atoms with Gasteiger partial charge in [-0.15, -0.1) is 0 Å². The van der Waals surface area contributed by atoms with Crippen LogP contribution in [0, 0.1) is 13.8 Å². The van der Waals surface area contributed by atoms with E-state index in [0.717, 1.165) is 16.7 Å². The molecule has 4 heteroatoms. The van der Waals surface area contributed by atoms with E-state index in [0.29, 0.717) is 6.42 Å². The molecule has 0 saturated carbocycles. The van der Waals surface area contributed by atoms with Crippen LogP contribution in [0.2, 0.25) is 0 Å². The first-order chi connectivity index (χ1) is 7.32. The SMILES string of the molecule is Cc1ccc(C2(O)CCS(=O)(=O)C2)cc1C. The van der Waals surface area contributed by atoms with Crippen LogP contribution in [0.25, 0.3) is 0 Å². The second kappa shape index (κ2) is 3.57. The largest absolute Gasteiger partial charge is 0.384 e. The average Bonchev–Trinajstić information content (AvgIpc) is 2.47. The van der Waals surface area contributed by atoms with E-state index in [1.807, 2.05) is 32.0 Å². The first kappa shape index (κ1) is 11.6. The second-order valence-electron chi connectivity index (χ2n) is 4.67. The molecule has 1 aliphatic heterocycles. The fourth-order valence-electron chi connectivity index (χ4n) is 2.09. The Morgan fingerprint density at radius 1 is 1.25 bits per heavy atom. The Morgan fingerprint density at radius 2 is 1.94 bits per heavy atom. The summed E-state index contributed by atoms with van der Waals surface area (Å²) in [4.78, 5) is 0. The van der Waals surface area contributed by atoms with Gasteiger partial charge in [-0.25, -0.2) is 8.42 Å². The van der Waals surface area contributed by atoms with Gasteiger partial charge in [-0.2, -0.15) is 0 Å². The molecular formula is C12H16O3S. The normalized spacial score (nSPS) is 28.2. The number of hydrogen-bond acceptors (Lipinski definition) is 3. The van der Waals surface area contributed by atoms with Crippen molar-refractivity contribution in [2.45, 2.75) is 25.9 Å². The van der Waals surface area contributed by atoms with Crippen molar-refractivity contribution in [3.63, 3.8) is 0 Å². The summed E-state index contributed by atoms with van der Waals surface area (Å²) in [6, 6.07) is 5.63. The lowest BCUT2D eigenvalue weighted by molar-refractivity contribution is 0.0652. The third-order valence-electron chi connectivity index (χ3n) is 3.33. The molecule has 88 valence electrons. The quantitative estimate of drug-likeness (QED) is 0.805. The Kier molecular flexibility index (Phi) is 2.59. The van der Waals surface area contributed by atoms with Crippen molar-refractivity contribution in [2.24, 2.45) is 0 Å². The Hall–Kier alpha value is -0.870. The summed E-state index contributed by atoms with van der Waals surface area (Å²) in [7, 11) is -3.08. The van der Waals surface area contributed by atoms with Crippen molar-refractivity contribution in [1.29, 1.82) is 0 Å². The highest BCUT2D eigenvalue weighted by molar-refractivity contribution is 7.91.